The Hall–Kier alpha value is -4.13. The number of carbonyl (C=O) groups excluding carboxylic acids is 2. The quantitative estimate of drug-likeness (QED) is 0.405. The summed E-state index contributed by atoms with van der Waals surface area (Å²) in [4.78, 5) is 34.6. The molecule has 150 valence electrons. The first kappa shape index (κ1) is 21.2. The van der Waals surface area contributed by atoms with Gasteiger partial charge in [0.2, 0.25) is 0 Å². The number of nitrogens with zero attached hydrogens (tertiary/aromatic N) is 2. The summed E-state index contributed by atoms with van der Waals surface area (Å²) >= 11 is 0. The molecule has 0 aliphatic carbocycles. The van der Waals surface area contributed by atoms with E-state index in [-0.39, 0.29) is 17.1 Å². The van der Waals surface area contributed by atoms with Gasteiger partial charge < -0.3 is 19.5 Å². The van der Waals surface area contributed by atoms with Gasteiger partial charge in [-0.15, -0.1) is 0 Å². The molecule has 0 aliphatic heterocycles. The monoisotopic (exact) mass is 399 g/mol. The van der Waals surface area contributed by atoms with Gasteiger partial charge >= 0.3 is 5.97 Å². The van der Waals surface area contributed by atoms with Gasteiger partial charge in [-0.05, 0) is 43.3 Å². The molecule has 0 aromatic heterocycles. The SMILES string of the molecule is COc1ccc(NC(=O)C(C)OC(=O)COc2ccc(C#N)cc2)c([N+](=O)[O-])c1. The lowest BCUT2D eigenvalue weighted by atomic mass is 10.2. The minimum atomic E-state index is -1.21. The summed E-state index contributed by atoms with van der Waals surface area (Å²) in [5.41, 5.74) is 0.0238. The molecule has 0 radical (unpaired) electrons. The maximum absolute atomic E-state index is 12.2. The van der Waals surface area contributed by atoms with Crippen LogP contribution in [0.4, 0.5) is 11.4 Å². The summed E-state index contributed by atoms with van der Waals surface area (Å²) < 4.78 is 15.1. The number of nitriles is 1. The summed E-state index contributed by atoms with van der Waals surface area (Å²) in [7, 11) is 1.36. The Bertz CT molecular complexity index is 951. The van der Waals surface area contributed by atoms with Gasteiger partial charge in [-0.25, -0.2) is 4.79 Å². The number of nitrogens with one attached hydrogen (secondary N) is 1. The van der Waals surface area contributed by atoms with Crippen LogP contribution in [0.25, 0.3) is 0 Å². The van der Waals surface area contributed by atoms with Crippen LogP contribution in [0.5, 0.6) is 11.5 Å². The first-order chi connectivity index (χ1) is 13.8. The van der Waals surface area contributed by atoms with Crippen molar-refractivity contribution in [1.29, 1.82) is 5.26 Å². The molecule has 0 bridgehead atoms. The van der Waals surface area contributed by atoms with E-state index in [4.69, 9.17) is 19.5 Å². The van der Waals surface area contributed by atoms with Gasteiger partial charge in [0.15, 0.2) is 12.7 Å². The zero-order valence-corrected chi connectivity index (χ0v) is 15.6. The van der Waals surface area contributed by atoms with Crippen LogP contribution in [0.3, 0.4) is 0 Å². The smallest absolute Gasteiger partial charge is 0.344 e. The van der Waals surface area contributed by atoms with E-state index in [0.717, 1.165) is 6.07 Å². The van der Waals surface area contributed by atoms with Crippen molar-refractivity contribution in [3.05, 3.63) is 58.1 Å². The number of esters is 1. The molecule has 10 heteroatoms. The average molecular weight is 399 g/mol. The summed E-state index contributed by atoms with van der Waals surface area (Å²) in [5, 5.41) is 22.2. The Kier molecular flexibility index (Phi) is 7.08. The molecule has 0 aliphatic rings. The van der Waals surface area contributed by atoms with Crippen LogP contribution < -0.4 is 14.8 Å². The molecule has 0 saturated carbocycles. The molecule has 1 atom stereocenters. The molecule has 0 fully saturated rings. The molecule has 1 amide bonds. The van der Waals surface area contributed by atoms with Crippen LogP contribution in [0, 0.1) is 21.4 Å². The maximum atomic E-state index is 12.2. The Labute approximate surface area is 165 Å². The lowest BCUT2D eigenvalue weighted by Gasteiger charge is -2.14. The second-order valence-corrected chi connectivity index (χ2v) is 5.69. The molecule has 0 saturated heterocycles. The molecule has 2 aromatic rings. The number of ether oxygens (including phenoxy) is 3. The molecule has 10 nitrogen and oxygen atoms in total. The first-order valence-electron chi connectivity index (χ1n) is 8.29. The number of benzene rings is 2. The Morgan fingerprint density at radius 1 is 1.21 bits per heavy atom. The zero-order valence-electron chi connectivity index (χ0n) is 15.6. The topological polar surface area (TPSA) is 141 Å². The maximum Gasteiger partial charge on any atom is 0.344 e. The van der Waals surface area contributed by atoms with Crippen molar-refractivity contribution in [3.63, 3.8) is 0 Å². The standard InChI is InChI=1S/C19H17N3O7/c1-12(29-18(23)11-28-14-5-3-13(10-20)4-6-14)19(24)21-16-8-7-15(27-2)9-17(16)22(25)26/h3-9,12H,11H2,1-2H3,(H,21,24). The van der Waals surface area contributed by atoms with Crippen LogP contribution in [0.15, 0.2) is 42.5 Å². The minimum Gasteiger partial charge on any atom is -0.496 e. The third kappa shape index (κ3) is 5.93. The summed E-state index contributed by atoms with van der Waals surface area (Å²) in [6.45, 7) is 0.872. The summed E-state index contributed by atoms with van der Waals surface area (Å²) in [5.74, 6) is -0.938. The van der Waals surface area contributed by atoms with E-state index >= 15 is 0 Å². The van der Waals surface area contributed by atoms with Crippen molar-refractivity contribution in [1.82, 2.24) is 0 Å². The number of rotatable bonds is 8. The number of nitro benzene ring substituents is 1. The van der Waals surface area contributed by atoms with Crippen LogP contribution in [-0.4, -0.2) is 36.6 Å². The predicted octanol–water partition coefficient (Wildman–Crippen LogP) is 2.42. The number of nitro groups is 1. The largest absolute Gasteiger partial charge is 0.496 e. The number of hydrogen-bond donors (Lipinski definition) is 1. The van der Waals surface area contributed by atoms with Crippen LogP contribution in [0.1, 0.15) is 12.5 Å². The number of carbonyl (C=O) groups is 2. The molecule has 0 heterocycles. The van der Waals surface area contributed by atoms with E-state index in [2.05, 4.69) is 5.32 Å². The van der Waals surface area contributed by atoms with Gasteiger partial charge in [0.05, 0.1) is 29.7 Å². The summed E-state index contributed by atoms with van der Waals surface area (Å²) in [6.07, 6.45) is -1.21. The van der Waals surface area contributed by atoms with E-state index < -0.39 is 29.5 Å². The lowest BCUT2D eigenvalue weighted by Crippen LogP contribution is -2.31. The fraction of sp³-hybridized carbons (Fsp3) is 0.211. The molecule has 29 heavy (non-hydrogen) atoms. The Morgan fingerprint density at radius 3 is 2.45 bits per heavy atom. The van der Waals surface area contributed by atoms with Crippen LogP contribution in [-0.2, 0) is 14.3 Å². The van der Waals surface area contributed by atoms with Crippen molar-refractivity contribution in [2.24, 2.45) is 0 Å². The van der Waals surface area contributed by atoms with E-state index in [0.29, 0.717) is 11.3 Å². The predicted molar refractivity (Wildman–Crippen MR) is 100 cm³/mol. The number of anilines is 1. The summed E-state index contributed by atoms with van der Waals surface area (Å²) in [6, 6.07) is 12.0. The first-order valence-corrected chi connectivity index (χ1v) is 8.29. The number of hydrogen-bond acceptors (Lipinski definition) is 8. The highest BCUT2D eigenvalue weighted by atomic mass is 16.6. The fourth-order valence-electron chi connectivity index (χ4n) is 2.18. The lowest BCUT2D eigenvalue weighted by molar-refractivity contribution is -0.384. The van der Waals surface area contributed by atoms with E-state index in [1.165, 1.54) is 50.4 Å². The zero-order chi connectivity index (χ0) is 21.4. The fourth-order valence-corrected chi connectivity index (χ4v) is 2.18. The van der Waals surface area contributed by atoms with Crippen molar-refractivity contribution in [2.75, 3.05) is 19.0 Å². The van der Waals surface area contributed by atoms with Crippen molar-refractivity contribution in [2.45, 2.75) is 13.0 Å². The van der Waals surface area contributed by atoms with Gasteiger partial charge in [-0.1, -0.05) is 0 Å². The van der Waals surface area contributed by atoms with Crippen molar-refractivity contribution >= 4 is 23.3 Å². The van der Waals surface area contributed by atoms with Gasteiger partial charge in [-0.2, -0.15) is 5.26 Å². The minimum absolute atomic E-state index is 0.0578. The average Bonchev–Trinajstić information content (AvgIpc) is 2.72. The number of methoxy groups -OCH3 is 1. The molecule has 1 N–H and O–H groups in total. The normalized spacial score (nSPS) is 10.9. The molecular weight excluding hydrogens is 382 g/mol. The molecule has 1 unspecified atom stereocenters. The third-order valence-corrected chi connectivity index (χ3v) is 3.68. The van der Waals surface area contributed by atoms with Gasteiger partial charge in [-0.3, -0.25) is 14.9 Å². The molecule has 0 spiro atoms. The molecule has 2 aromatic carbocycles. The Balaban J connectivity index is 1.92. The highest BCUT2D eigenvalue weighted by Crippen LogP contribution is 2.29. The van der Waals surface area contributed by atoms with Crippen molar-refractivity contribution < 1.29 is 28.7 Å². The third-order valence-electron chi connectivity index (χ3n) is 3.68. The second kappa shape index (κ2) is 9.70. The van der Waals surface area contributed by atoms with Crippen molar-refractivity contribution in [3.8, 4) is 17.6 Å². The van der Waals surface area contributed by atoms with E-state index in [1.54, 1.807) is 0 Å². The van der Waals surface area contributed by atoms with Gasteiger partial charge in [0.1, 0.15) is 17.2 Å². The molecule has 2 rings (SSSR count). The second-order valence-electron chi connectivity index (χ2n) is 5.69. The highest BCUT2D eigenvalue weighted by Gasteiger charge is 2.22. The van der Waals surface area contributed by atoms with E-state index in [9.17, 15) is 19.7 Å². The van der Waals surface area contributed by atoms with Gasteiger partial charge in [0.25, 0.3) is 11.6 Å². The van der Waals surface area contributed by atoms with Crippen LogP contribution >= 0.6 is 0 Å². The molecular formula is C19H17N3O7. The number of amides is 1. The van der Waals surface area contributed by atoms with Gasteiger partial charge in [0, 0.05) is 0 Å². The van der Waals surface area contributed by atoms with Crippen LogP contribution in [0.2, 0.25) is 0 Å². The van der Waals surface area contributed by atoms with E-state index in [1.807, 2.05) is 6.07 Å². The Morgan fingerprint density at radius 2 is 1.86 bits per heavy atom. The highest BCUT2D eigenvalue weighted by molar-refractivity contribution is 5.97.